The Bertz CT molecular complexity index is 502. The Morgan fingerprint density at radius 3 is 2.82 bits per heavy atom. The van der Waals surface area contributed by atoms with Crippen molar-refractivity contribution in [3.8, 4) is 0 Å². The Morgan fingerprint density at radius 2 is 2.24 bits per heavy atom. The summed E-state index contributed by atoms with van der Waals surface area (Å²) < 4.78 is 5.92. The van der Waals surface area contributed by atoms with Gasteiger partial charge in [-0.2, -0.15) is 5.10 Å². The fraction of sp³-hybridized carbons (Fsp3) is 0.545. The van der Waals surface area contributed by atoms with Gasteiger partial charge in [0, 0.05) is 24.7 Å². The number of nitrogens with zero attached hydrogens (tertiary/aromatic N) is 4. The topological polar surface area (TPSA) is 69.6 Å². The lowest BCUT2D eigenvalue weighted by Gasteiger charge is -2.10. The van der Waals surface area contributed by atoms with Crippen molar-refractivity contribution in [3.05, 3.63) is 28.0 Å². The molecule has 6 heteroatoms. The first-order valence-corrected chi connectivity index (χ1v) is 6.47. The SMILES string of the molecule is CCn1nc(C)cc1CC(N)c1snnc1C. The molecule has 0 saturated carbocycles. The lowest BCUT2D eigenvalue weighted by molar-refractivity contribution is 0.589. The van der Waals surface area contributed by atoms with E-state index in [0.29, 0.717) is 0 Å². The molecule has 0 radical (unpaired) electrons. The molecule has 2 aromatic heterocycles. The van der Waals surface area contributed by atoms with Gasteiger partial charge in [0.05, 0.1) is 16.3 Å². The van der Waals surface area contributed by atoms with E-state index in [0.717, 1.165) is 29.2 Å². The molecule has 0 aromatic carbocycles. The number of nitrogens with two attached hydrogens (primary N) is 1. The average molecular weight is 251 g/mol. The molecule has 2 heterocycles. The highest BCUT2D eigenvalue weighted by Crippen LogP contribution is 2.21. The van der Waals surface area contributed by atoms with Crippen molar-refractivity contribution >= 4 is 11.5 Å². The van der Waals surface area contributed by atoms with Gasteiger partial charge in [0.15, 0.2) is 0 Å². The summed E-state index contributed by atoms with van der Waals surface area (Å²) in [6.07, 6.45) is 0.777. The van der Waals surface area contributed by atoms with Gasteiger partial charge in [0.2, 0.25) is 0 Å². The largest absolute Gasteiger partial charge is 0.323 e. The number of hydrogen-bond acceptors (Lipinski definition) is 5. The monoisotopic (exact) mass is 251 g/mol. The summed E-state index contributed by atoms with van der Waals surface area (Å²) in [6, 6.07) is 2.05. The van der Waals surface area contributed by atoms with Gasteiger partial charge in [-0.15, -0.1) is 5.10 Å². The van der Waals surface area contributed by atoms with Crippen LogP contribution in [0.1, 0.15) is 34.9 Å². The summed E-state index contributed by atoms with van der Waals surface area (Å²) >= 11 is 1.38. The number of aromatic nitrogens is 4. The molecule has 0 aliphatic rings. The Hall–Kier alpha value is -1.27. The second-order valence-electron chi connectivity index (χ2n) is 4.13. The normalized spacial score (nSPS) is 12.9. The highest BCUT2D eigenvalue weighted by atomic mass is 32.1. The molecular weight excluding hydrogens is 234 g/mol. The molecule has 0 amide bonds. The standard InChI is InChI=1S/C11H17N5S/c1-4-16-9(5-7(2)14-16)6-10(12)11-8(3)13-15-17-11/h5,10H,4,6,12H2,1-3H3. The predicted octanol–water partition coefficient (Wildman–Crippen LogP) is 1.61. The second-order valence-corrected chi connectivity index (χ2v) is 4.91. The number of hydrogen-bond donors (Lipinski definition) is 1. The maximum atomic E-state index is 6.19. The van der Waals surface area contributed by atoms with Crippen LogP contribution in [0.2, 0.25) is 0 Å². The summed E-state index contributed by atoms with van der Waals surface area (Å²) in [5.41, 5.74) is 9.33. The smallest absolute Gasteiger partial charge is 0.0772 e. The van der Waals surface area contributed by atoms with E-state index in [1.165, 1.54) is 17.2 Å². The molecule has 5 nitrogen and oxygen atoms in total. The van der Waals surface area contributed by atoms with Crippen molar-refractivity contribution in [2.24, 2.45) is 5.73 Å². The van der Waals surface area contributed by atoms with Gasteiger partial charge in [-0.25, -0.2) is 0 Å². The van der Waals surface area contributed by atoms with Crippen LogP contribution in [0.5, 0.6) is 0 Å². The molecule has 0 fully saturated rings. The van der Waals surface area contributed by atoms with Crippen LogP contribution in [-0.4, -0.2) is 19.4 Å². The molecule has 0 spiro atoms. The summed E-state index contributed by atoms with van der Waals surface area (Å²) in [7, 11) is 0. The summed E-state index contributed by atoms with van der Waals surface area (Å²) in [5, 5.41) is 8.41. The quantitative estimate of drug-likeness (QED) is 0.896. The van der Waals surface area contributed by atoms with Crippen LogP contribution in [0.4, 0.5) is 0 Å². The minimum Gasteiger partial charge on any atom is -0.323 e. The van der Waals surface area contributed by atoms with E-state index in [4.69, 9.17) is 5.73 Å². The third-order valence-corrected chi connectivity index (χ3v) is 3.70. The number of rotatable bonds is 4. The molecule has 0 aliphatic heterocycles. The Balaban J connectivity index is 2.18. The van der Waals surface area contributed by atoms with E-state index in [2.05, 4.69) is 27.7 Å². The van der Waals surface area contributed by atoms with Crippen LogP contribution in [0, 0.1) is 13.8 Å². The molecule has 1 atom stereocenters. The first-order chi connectivity index (χ1) is 8.11. The van der Waals surface area contributed by atoms with Gasteiger partial charge in [-0.05, 0) is 38.4 Å². The summed E-state index contributed by atoms with van der Waals surface area (Å²) in [4.78, 5) is 1.06. The van der Waals surface area contributed by atoms with E-state index < -0.39 is 0 Å². The molecule has 0 bridgehead atoms. The van der Waals surface area contributed by atoms with Crippen LogP contribution in [0.3, 0.4) is 0 Å². The maximum absolute atomic E-state index is 6.19. The molecule has 2 aromatic rings. The van der Waals surface area contributed by atoms with Crippen molar-refractivity contribution in [1.29, 1.82) is 0 Å². The van der Waals surface area contributed by atoms with Crippen molar-refractivity contribution in [2.75, 3.05) is 0 Å². The fourth-order valence-corrected chi connectivity index (χ4v) is 2.58. The molecule has 0 aliphatic carbocycles. The lowest BCUT2D eigenvalue weighted by atomic mass is 10.1. The molecule has 17 heavy (non-hydrogen) atoms. The lowest BCUT2D eigenvalue weighted by Crippen LogP contribution is -2.16. The first kappa shape index (κ1) is 12.2. The summed E-state index contributed by atoms with van der Waals surface area (Å²) in [6.45, 7) is 6.90. The minimum absolute atomic E-state index is 0.0450. The zero-order chi connectivity index (χ0) is 12.4. The highest BCUT2D eigenvalue weighted by Gasteiger charge is 2.16. The van der Waals surface area contributed by atoms with E-state index in [1.807, 2.05) is 18.5 Å². The van der Waals surface area contributed by atoms with Gasteiger partial charge < -0.3 is 5.73 Å². The van der Waals surface area contributed by atoms with E-state index in [1.54, 1.807) is 0 Å². The second kappa shape index (κ2) is 4.93. The Kier molecular flexibility index (Phi) is 3.54. The van der Waals surface area contributed by atoms with E-state index in [9.17, 15) is 0 Å². The number of aryl methyl sites for hydroxylation is 3. The third kappa shape index (κ3) is 2.53. The van der Waals surface area contributed by atoms with Crippen LogP contribution >= 0.6 is 11.5 Å². The van der Waals surface area contributed by atoms with Gasteiger partial charge >= 0.3 is 0 Å². The maximum Gasteiger partial charge on any atom is 0.0772 e. The van der Waals surface area contributed by atoms with Crippen molar-refractivity contribution in [2.45, 2.75) is 39.8 Å². The van der Waals surface area contributed by atoms with Gasteiger partial charge in [0.1, 0.15) is 0 Å². The zero-order valence-electron chi connectivity index (χ0n) is 10.3. The fourth-order valence-electron chi connectivity index (χ4n) is 1.93. The van der Waals surface area contributed by atoms with E-state index >= 15 is 0 Å². The Labute approximate surface area is 105 Å². The predicted molar refractivity (Wildman–Crippen MR) is 67.9 cm³/mol. The summed E-state index contributed by atoms with van der Waals surface area (Å²) in [5.74, 6) is 0. The van der Waals surface area contributed by atoms with E-state index in [-0.39, 0.29) is 6.04 Å². The Morgan fingerprint density at radius 1 is 1.47 bits per heavy atom. The van der Waals surface area contributed by atoms with Crippen molar-refractivity contribution < 1.29 is 0 Å². The molecular formula is C11H17N5S. The van der Waals surface area contributed by atoms with Crippen LogP contribution in [-0.2, 0) is 13.0 Å². The minimum atomic E-state index is -0.0450. The molecule has 0 saturated heterocycles. The average Bonchev–Trinajstić information content (AvgIpc) is 2.84. The first-order valence-electron chi connectivity index (χ1n) is 5.69. The molecule has 2 rings (SSSR count). The van der Waals surface area contributed by atoms with Gasteiger partial charge in [-0.3, -0.25) is 4.68 Å². The molecule has 1 unspecified atom stereocenters. The van der Waals surface area contributed by atoms with Gasteiger partial charge in [-0.1, -0.05) is 4.49 Å². The van der Waals surface area contributed by atoms with Crippen LogP contribution < -0.4 is 5.73 Å². The third-order valence-electron chi connectivity index (χ3n) is 2.74. The van der Waals surface area contributed by atoms with Crippen LogP contribution in [0.15, 0.2) is 6.07 Å². The van der Waals surface area contributed by atoms with Crippen molar-refractivity contribution in [3.63, 3.8) is 0 Å². The zero-order valence-corrected chi connectivity index (χ0v) is 11.2. The van der Waals surface area contributed by atoms with Crippen molar-refractivity contribution in [1.82, 2.24) is 19.4 Å². The van der Waals surface area contributed by atoms with Gasteiger partial charge in [0.25, 0.3) is 0 Å². The molecule has 92 valence electrons. The van der Waals surface area contributed by atoms with Crippen LogP contribution in [0.25, 0.3) is 0 Å². The highest BCUT2D eigenvalue weighted by molar-refractivity contribution is 7.05. The molecule has 2 N–H and O–H groups in total.